The van der Waals surface area contributed by atoms with Gasteiger partial charge < -0.3 is 14.9 Å². The summed E-state index contributed by atoms with van der Waals surface area (Å²) in [4.78, 5) is 0. The molecule has 0 aliphatic heterocycles. The fraction of sp³-hybridized carbons (Fsp3) is 0.500. The zero-order valence-corrected chi connectivity index (χ0v) is 22.3. The van der Waals surface area contributed by atoms with Gasteiger partial charge in [-0.15, -0.1) is 38.7 Å². The molecule has 142 valence electrons. The van der Waals surface area contributed by atoms with E-state index in [2.05, 4.69) is 65.8 Å². The van der Waals surface area contributed by atoms with Crippen molar-refractivity contribution in [2.45, 2.75) is 54.4 Å². The predicted molar refractivity (Wildman–Crippen MR) is 116 cm³/mol. The Hall–Kier alpha value is 0.640. The predicted octanol–water partition coefficient (Wildman–Crippen LogP) is 6.27. The third-order valence-corrected chi connectivity index (χ3v) is 3.77. The van der Waals surface area contributed by atoms with Gasteiger partial charge in [-0.05, 0) is 0 Å². The summed E-state index contributed by atoms with van der Waals surface area (Å²) in [5.41, 5.74) is 5.48. The molecule has 0 nitrogen and oxygen atoms in total. The zero-order valence-electron chi connectivity index (χ0n) is 16.7. The Morgan fingerprint density at radius 1 is 0.792 bits per heavy atom. The maximum atomic E-state index is 3.38. The Labute approximate surface area is 181 Å². The van der Waals surface area contributed by atoms with Gasteiger partial charge in [-0.25, -0.2) is 22.3 Å². The van der Waals surface area contributed by atoms with Gasteiger partial charge >= 0.3 is 30.2 Å². The molecule has 2 atom stereocenters. The van der Waals surface area contributed by atoms with Crippen LogP contribution in [0.2, 0.25) is 0 Å². The van der Waals surface area contributed by atoms with E-state index in [9.17, 15) is 0 Å². The first-order valence-corrected chi connectivity index (χ1v) is 13.3. The molecule has 0 N–H and O–H groups in total. The van der Waals surface area contributed by atoms with Gasteiger partial charge in [0.05, 0.1) is 0 Å². The molecular formula is C20H36Cl2SiZr-4. The van der Waals surface area contributed by atoms with E-state index in [0.717, 1.165) is 0 Å². The molecule has 2 unspecified atom stereocenters. The number of rotatable bonds is 2. The van der Waals surface area contributed by atoms with Gasteiger partial charge in [-0.2, -0.15) is 12.2 Å². The van der Waals surface area contributed by atoms with Crippen molar-refractivity contribution in [1.29, 1.82) is 0 Å². The summed E-state index contributed by atoms with van der Waals surface area (Å²) in [6, 6.07) is 0. The third kappa shape index (κ3) is 12.9. The molecule has 2 rings (SSSR count). The molecule has 24 heavy (non-hydrogen) atoms. The van der Waals surface area contributed by atoms with E-state index in [0.29, 0.717) is 11.8 Å². The standard InChI is InChI=1S/2C9H13.2CH3.2ClH.H2Si.Zr/c2*1-4-9-5-7(2)8(3)6-9;;;;;;/h2*5,9H,4H2,1-3H3;2*1H3;2*1H;1H2;/q4*-1;;;;. The van der Waals surface area contributed by atoms with E-state index in [-0.39, 0.29) is 39.7 Å². The maximum absolute atomic E-state index is 3.38. The van der Waals surface area contributed by atoms with E-state index in [1.807, 2.05) is 6.88 Å². The molecule has 0 amide bonds. The van der Waals surface area contributed by atoms with Crippen molar-refractivity contribution in [3.05, 3.63) is 61.4 Å². The van der Waals surface area contributed by atoms with Crippen LogP contribution in [0, 0.1) is 38.8 Å². The molecule has 0 fully saturated rings. The Morgan fingerprint density at radius 2 is 1.04 bits per heavy atom. The minimum atomic E-state index is 0. The fourth-order valence-electron chi connectivity index (χ4n) is 2.16. The van der Waals surface area contributed by atoms with Crippen molar-refractivity contribution in [3.8, 4) is 0 Å². The molecule has 2 aliphatic carbocycles. The van der Waals surface area contributed by atoms with Gasteiger partial charge in [0.2, 0.25) is 0 Å². The van der Waals surface area contributed by atoms with E-state index in [1.165, 1.54) is 35.1 Å². The van der Waals surface area contributed by atoms with Gasteiger partial charge in [0.25, 0.3) is 0 Å². The second kappa shape index (κ2) is 20.0. The average molecular weight is 467 g/mol. The van der Waals surface area contributed by atoms with Crippen LogP contribution in [-0.4, -0.2) is 6.88 Å². The van der Waals surface area contributed by atoms with Crippen molar-refractivity contribution in [2.24, 2.45) is 11.8 Å². The van der Waals surface area contributed by atoms with E-state index < -0.39 is 0 Å². The summed E-state index contributed by atoms with van der Waals surface area (Å²) in [6.07, 6.45) is 13.7. The molecule has 0 heterocycles. The summed E-state index contributed by atoms with van der Waals surface area (Å²) >= 11 is 1.58. The van der Waals surface area contributed by atoms with Crippen LogP contribution in [0.4, 0.5) is 0 Å². The summed E-state index contributed by atoms with van der Waals surface area (Å²) in [6.45, 7) is 14.9. The molecule has 0 aromatic carbocycles. The summed E-state index contributed by atoms with van der Waals surface area (Å²) in [5.74, 6) is 1.20. The number of hydrogen-bond acceptors (Lipinski definition) is 0. The van der Waals surface area contributed by atoms with Crippen molar-refractivity contribution in [2.75, 3.05) is 0 Å². The van der Waals surface area contributed by atoms with Crippen LogP contribution in [0.5, 0.6) is 0 Å². The average Bonchev–Trinajstić information content (AvgIpc) is 2.96. The van der Waals surface area contributed by atoms with Crippen LogP contribution in [0.15, 0.2) is 34.4 Å². The summed E-state index contributed by atoms with van der Waals surface area (Å²) in [7, 11) is 0. The third-order valence-electron chi connectivity index (χ3n) is 3.77. The second-order valence-electron chi connectivity index (χ2n) is 5.27. The molecule has 2 aliphatic rings. The zero-order chi connectivity index (χ0) is 15.7. The van der Waals surface area contributed by atoms with E-state index in [4.69, 9.17) is 0 Å². The van der Waals surface area contributed by atoms with Gasteiger partial charge in [0, 0.05) is 0 Å². The molecule has 0 saturated heterocycles. The van der Waals surface area contributed by atoms with Gasteiger partial charge in [0.1, 0.15) is 0 Å². The van der Waals surface area contributed by atoms with Crippen molar-refractivity contribution in [1.82, 2.24) is 0 Å². The SMILES string of the molecule is CCC1[C-]=C(C)C(C)=C1.CCC1[C-]=C(C)C(C)=C1.Cl.Cl.[CH3-].[CH3-].[SiH2]=[Zr]. The van der Waals surface area contributed by atoms with Crippen molar-refractivity contribution < 1.29 is 23.3 Å². The number of halogens is 2. The molecule has 0 bridgehead atoms. The van der Waals surface area contributed by atoms with Crippen LogP contribution in [0.1, 0.15) is 54.4 Å². The molecule has 0 aromatic heterocycles. The van der Waals surface area contributed by atoms with Crippen molar-refractivity contribution in [3.63, 3.8) is 0 Å². The fourth-order valence-corrected chi connectivity index (χ4v) is 2.16. The van der Waals surface area contributed by atoms with Crippen LogP contribution in [0.3, 0.4) is 0 Å². The van der Waals surface area contributed by atoms with Gasteiger partial charge in [0.15, 0.2) is 0 Å². The molecule has 4 heteroatoms. The van der Waals surface area contributed by atoms with Crippen LogP contribution >= 0.6 is 24.8 Å². The molecular weight excluding hydrogens is 430 g/mol. The Balaban J connectivity index is -0.0000000789. The summed E-state index contributed by atoms with van der Waals surface area (Å²) < 4.78 is 0. The number of hydrogen-bond donors (Lipinski definition) is 0. The van der Waals surface area contributed by atoms with Crippen LogP contribution in [0.25, 0.3) is 0 Å². The quantitative estimate of drug-likeness (QED) is 0.332. The first-order chi connectivity index (χ1) is 9.47. The summed E-state index contributed by atoms with van der Waals surface area (Å²) in [5, 5.41) is 0. The van der Waals surface area contributed by atoms with Crippen molar-refractivity contribution >= 4 is 31.7 Å². The van der Waals surface area contributed by atoms with Crippen LogP contribution < -0.4 is 0 Å². The Kier molecular flexibility index (Phi) is 29.7. The Bertz CT molecular complexity index is 361. The first kappa shape index (κ1) is 35.7. The van der Waals surface area contributed by atoms with Crippen LogP contribution in [-0.2, 0) is 23.3 Å². The van der Waals surface area contributed by atoms with E-state index >= 15 is 0 Å². The first-order valence-electron chi connectivity index (χ1n) is 7.41. The molecule has 0 spiro atoms. The molecule has 0 aromatic rings. The molecule has 0 saturated carbocycles. The van der Waals surface area contributed by atoms with Gasteiger partial charge in [-0.1, -0.05) is 52.4 Å². The monoisotopic (exact) mass is 464 g/mol. The molecule has 0 radical (unpaired) electrons. The van der Waals surface area contributed by atoms with E-state index in [1.54, 1.807) is 23.3 Å². The van der Waals surface area contributed by atoms with Gasteiger partial charge in [-0.3, -0.25) is 12.2 Å². The minimum absolute atomic E-state index is 0. The number of allylic oxidation sites excluding steroid dienone is 8. The normalized spacial score (nSPS) is 19.5. The Morgan fingerprint density at radius 3 is 1.12 bits per heavy atom. The topological polar surface area (TPSA) is 0 Å². The second-order valence-corrected chi connectivity index (χ2v) is 5.27.